The number of aromatic nitrogens is 1. The number of ether oxygens (including phenoxy) is 1. The molecule has 0 atom stereocenters. The summed E-state index contributed by atoms with van der Waals surface area (Å²) in [7, 11) is 1.68. The Balaban J connectivity index is 0.000000456. The van der Waals surface area contributed by atoms with Gasteiger partial charge in [-0.2, -0.15) is 0 Å². The van der Waals surface area contributed by atoms with Crippen molar-refractivity contribution in [3.8, 4) is 17.0 Å². The number of ketones is 1. The summed E-state index contributed by atoms with van der Waals surface area (Å²) in [5, 5.41) is 9.45. The van der Waals surface area contributed by atoms with Gasteiger partial charge in [-0.1, -0.05) is 26.0 Å². The first-order valence-electron chi connectivity index (χ1n) is 9.03. The molecular weight excluding hydrogens is 542 g/mol. The molecule has 5 heteroatoms. The fourth-order valence-electron chi connectivity index (χ4n) is 2.92. The molecule has 0 saturated heterocycles. The molecule has 1 heterocycles. The van der Waals surface area contributed by atoms with Crippen molar-refractivity contribution in [1.29, 1.82) is 0 Å². The van der Waals surface area contributed by atoms with Gasteiger partial charge < -0.3 is 9.84 Å². The number of methoxy groups -OCH3 is 1. The first-order chi connectivity index (χ1) is 13.2. The largest absolute Gasteiger partial charge is 0.512 e. The number of benzene rings is 2. The van der Waals surface area contributed by atoms with Crippen LogP contribution in [0.15, 0.2) is 48.2 Å². The molecule has 0 amide bonds. The minimum absolute atomic E-state index is 0. The van der Waals surface area contributed by atoms with Gasteiger partial charge >= 0.3 is 0 Å². The summed E-state index contributed by atoms with van der Waals surface area (Å²) in [6.07, 6.45) is 1.17. The van der Waals surface area contributed by atoms with Crippen LogP contribution in [-0.4, -0.2) is 23.0 Å². The number of carbonyl (C=O) groups is 1. The molecule has 155 valence electrons. The number of allylic oxidation sites excluding steroid dienone is 2. The van der Waals surface area contributed by atoms with Gasteiger partial charge in [0.05, 0.1) is 18.4 Å². The van der Waals surface area contributed by atoms with E-state index in [1.54, 1.807) is 7.11 Å². The Hall–Kier alpha value is -2.49. The number of hydrogen-bond acceptors (Lipinski definition) is 4. The molecule has 0 aliphatic carbocycles. The van der Waals surface area contributed by atoms with E-state index < -0.39 is 0 Å². The molecular formula is C24H26IrNO3-. The summed E-state index contributed by atoms with van der Waals surface area (Å²) in [6, 6.07) is 15.9. The summed E-state index contributed by atoms with van der Waals surface area (Å²) in [4.78, 5) is 14.8. The van der Waals surface area contributed by atoms with E-state index in [9.17, 15) is 4.79 Å². The summed E-state index contributed by atoms with van der Waals surface area (Å²) in [5.74, 6) is 0.722. The van der Waals surface area contributed by atoms with Crippen molar-refractivity contribution in [3.05, 3.63) is 71.0 Å². The van der Waals surface area contributed by atoms with Crippen LogP contribution in [0.4, 0.5) is 0 Å². The Labute approximate surface area is 186 Å². The molecule has 29 heavy (non-hydrogen) atoms. The molecule has 0 aliphatic heterocycles. The number of aryl methyl sites for hydroxylation is 3. The fourth-order valence-corrected chi connectivity index (χ4v) is 2.92. The first-order valence-corrected chi connectivity index (χ1v) is 9.03. The third-order valence-electron chi connectivity index (χ3n) is 3.97. The van der Waals surface area contributed by atoms with E-state index in [0.717, 1.165) is 33.5 Å². The molecule has 2 aromatic carbocycles. The van der Waals surface area contributed by atoms with Crippen LogP contribution in [0.1, 0.15) is 30.5 Å². The quantitative estimate of drug-likeness (QED) is 0.251. The van der Waals surface area contributed by atoms with Gasteiger partial charge in [0, 0.05) is 37.3 Å². The molecule has 3 aromatic rings. The van der Waals surface area contributed by atoms with E-state index in [0.29, 0.717) is 0 Å². The van der Waals surface area contributed by atoms with Crippen LogP contribution in [0.5, 0.6) is 5.75 Å². The maximum Gasteiger partial charge on any atom is 0.155 e. The smallest absolute Gasteiger partial charge is 0.155 e. The molecule has 0 aliphatic rings. The van der Waals surface area contributed by atoms with Crippen molar-refractivity contribution < 1.29 is 34.7 Å². The molecule has 0 unspecified atom stereocenters. The Morgan fingerprint density at radius 2 is 1.76 bits per heavy atom. The number of fused-ring (bicyclic) bond motifs is 1. The normalized spacial score (nSPS) is 10.6. The third kappa shape index (κ3) is 7.12. The van der Waals surface area contributed by atoms with Crippen LogP contribution < -0.4 is 4.74 Å². The minimum Gasteiger partial charge on any atom is -0.512 e. The van der Waals surface area contributed by atoms with Crippen molar-refractivity contribution in [2.45, 2.75) is 34.6 Å². The number of hydrogen-bond donors (Lipinski definition) is 1. The number of aliphatic hydroxyl groups is 1. The van der Waals surface area contributed by atoms with Gasteiger partial charge in [-0.05, 0) is 38.5 Å². The van der Waals surface area contributed by atoms with Crippen molar-refractivity contribution in [3.63, 3.8) is 0 Å². The van der Waals surface area contributed by atoms with E-state index >= 15 is 0 Å². The van der Waals surface area contributed by atoms with Gasteiger partial charge in [-0.15, -0.1) is 34.9 Å². The van der Waals surface area contributed by atoms with Gasteiger partial charge in [-0.3, -0.25) is 9.78 Å². The second kappa shape index (κ2) is 10.9. The number of nitrogens with zero attached hydrogens (tertiary/aromatic N) is 1. The summed E-state index contributed by atoms with van der Waals surface area (Å²) < 4.78 is 5.54. The van der Waals surface area contributed by atoms with Crippen LogP contribution >= 0.6 is 0 Å². The van der Waals surface area contributed by atoms with Gasteiger partial charge in [0.25, 0.3) is 0 Å². The number of pyridine rings is 1. The molecule has 1 N–H and O–H groups in total. The molecule has 0 fully saturated rings. The zero-order valence-electron chi connectivity index (χ0n) is 17.6. The second-order valence-electron chi connectivity index (χ2n) is 6.89. The Bertz CT molecular complexity index is 1020. The molecule has 4 nitrogen and oxygen atoms in total. The molecule has 0 bridgehead atoms. The summed E-state index contributed by atoms with van der Waals surface area (Å²) >= 11 is 0. The zero-order valence-corrected chi connectivity index (χ0v) is 20.0. The fraction of sp³-hybridized carbons (Fsp3) is 0.250. The predicted molar refractivity (Wildman–Crippen MR) is 114 cm³/mol. The maximum atomic E-state index is 10.0. The number of aliphatic hydroxyl groups excluding tert-OH is 1. The summed E-state index contributed by atoms with van der Waals surface area (Å²) in [6.45, 7) is 9.06. The van der Waals surface area contributed by atoms with Crippen LogP contribution in [-0.2, 0) is 24.9 Å². The average molecular weight is 569 g/mol. The van der Waals surface area contributed by atoms with Crippen LogP contribution in [0.25, 0.3) is 22.2 Å². The Morgan fingerprint density at radius 1 is 1.07 bits per heavy atom. The van der Waals surface area contributed by atoms with E-state index in [-0.39, 0.29) is 31.6 Å². The van der Waals surface area contributed by atoms with Gasteiger partial charge in [0.2, 0.25) is 0 Å². The van der Waals surface area contributed by atoms with Crippen molar-refractivity contribution >= 4 is 16.7 Å². The maximum absolute atomic E-state index is 10.0. The number of carbonyl (C=O) groups excluding carboxylic acids is 1. The SMILES string of the molecule is CC(=O)/C=C(/C)O.COc1cc2ccc(C)cc2nc1-c1[c-]c(C)cc(C)c1.[Ir]. The topological polar surface area (TPSA) is 59.4 Å². The summed E-state index contributed by atoms with van der Waals surface area (Å²) in [5.41, 5.74) is 6.33. The molecule has 0 spiro atoms. The molecule has 3 rings (SSSR count). The van der Waals surface area contributed by atoms with Crippen LogP contribution in [0.3, 0.4) is 0 Å². The zero-order chi connectivity index (χ0) is 20.8. The van der Waals surface area contributed by atoms with E-state index in [2.05, 4.69) is 50.2 Å². The minimum atomic E-state index is -0.125. The Morgan fingerprint density at radius 3 is 2.28 bits per heavy atom. The van der Waals surface area contributed by atoms with Crippen molar-refractivity contribution in [1.82, 2.24) is 4.98 Å². The first kappa shape index (κ1) is 24.5. The van der Waals surface area contributed by atoms with Gasteiger partial charge in [-0.25, -0.2) is 0 Å². The van der Waals surface area contributed by atoms with Gasteiger partial charge in [0.15, 0.2) is 5.78 Å². The van der Waals surface area contributed by atoms with Crippen LogP contribution in [0.2, 0.25) is 0 Å². The molecule has 0 saturated carbocycles. The van der Waals surface area contributed by atoms with Gasteiger partial charge in [0.1, 0.15) is 5.75 Å². The van der Waals surface area contributed by atoms with Crippen LogP contribution in [0, 0.1) is 26.8 Å². The third-order valence-corrected chi connectivity index (χ3v) is 3.97. The molecule has 1 aromatic heterocycles. The van der Waals surface area contributed by atoms with Crippen molar-refractivity contribution in [2.24, 2.45) is 0 Å². The van der Waals surface area contributed by atoms with Crippen molar-refractivity contribution in [2.75, 3.05) is 7.11 Å². The number of rotatable bonds is 3. The standard InChI is InChI=1S/C19H18NO.C5H8O2.Ir/c1-12-5-6-15-11-18(21-4)19(20-17(15)10-12)16-8-13(2)7-14(3)9-16;1-4(6)3-5(2)7;/h5-8,10-11H,1-4H3;3,6H,1-2H3;/q-1;;/b;4-3-;. The average Bonchev–Trinajstić information content (AvgIpc) is 2.59. The van der Waals surface area contributed by atoms with E-state index in [1.807, 2.05) is 13.0 Å². The molecule has 1 radical (unpaired) electrons. The second-order valence-corrected chi connectivity index (χ2v) is 6.89. The van der Waals surface area contributed by atoms with E-state index in [4.69, 9.17) is 14.8 Å². The predicted octanol–water partition coefficient (Wildman–Crippen LogP) is 5.67. The Kier molecular flexibility index (Phi) is 9.22. The van der Waals surface area contributed by atoms with E-state index in [1.165, 1.54) is 31.1 Å². The monoisotopic (exact) mass is 569 g/mol.